The number of hydrogen-bond acceptors (Lipinski definition) is 6. The van der Waals surface area contributed by atoms with E-state index in [0.29, 0.717) is 53.8 Å². The Balaban J connectivity index is 1.48. The molecule has 0 saturated carbocycles. The first-order valence-corrected chi connectivity index (χ1v) is 10.9. The number of nitrogens with zero attached hydrogens (tertiary/aromatic N) is 2. The summed E-state index contributed by atoms with van der Waals surface area (Å²) < 4.78 is 16.5. The van der Waals surface area contributed by atoms with Crippen molar-refractivity contribution >= 4 is 23.2 Å². The van der Waals surface area contributed by atoms with E-state index in [1.54, 1.807) is 54.5 Å². The minimum atomic E-state index is -0.279. The first kappa shape index (κ1) is 22.4. The summed E-state index contributed by atoms with van der Waals surface area (Å²) >= 11 is 0. The van der Waals surface area contributed by atoms with Crippen LogP contribution in [0, 0.1) is 13.8 Å². The van der Waals surface area contributed by atoms with E-state index in [-0.39, 0.29) is 11.8 Å². The molecule has 0 spiro atoms. The van der Waals surface area contributed by atoms with Gasteiger partial charge in [0.2, 0.25) is 5.91 Å². The van der Waals surface area contributed by atoms with Gasteiger partial charge in [0.25, 0.3) is 5.91 Å². The van der Waals surface area contributed by atoms with Gasteiger partial charge in [-0.05, 0) is 63.1 Å². The fourth-order valence-corrected chi connectivity index (χ4v) is 3.83. The minimum absolute atomic E-state index is 0.0613. The van der Waals surface area contributed by atoms with E-state index < -0.39 is 0 Å². The van der Waals surface area contributed by atoms with Gasteiger partial charge in [-0.1, -0.05) is 11.2 Å². The molecule has 0 aliphatic carbocycles. The molecule has 4 rings (SSSR count). The van der Waals surface area contributed by atoms with Crippen LogP contribution in [0.3, 0.4) is 0 Å². The summed E-state index contributed by atoms with van der Waals surface area (Å²) in [6, 6.07) is 12.3. The summed E-state index contributed by atoms with van der Waals surface area (Å²) in [6.07, 6.45) is 2.34. The van der Waals surface area contributed by atoms with Gasteiger partial charge in [0, 0.05) is 24.2 Å². The molecule has 0 unspecified atom stereocenters. The number of aryl methyl sites for hydroxylation is 2. The number of nitrogens with one attached hydrogen (secondary N) is 1. The van der Waals surface area contributed by atoms with E-state index in [9.17, 15) is 9.59 Å². The van der Waals surface area contributed by atoms with Crippen molar-refractivity contribution in [3.8, 4) is 11.5 Å². The molecule has 1 fully saturated rings. The average molecular weight is 450 g/mol. The summed E-state index contributed by atoms with van der Waals surface area (Å²) in [4.78, 5) is 27.0. The van der Waals surface area contributed by atoms with Crippen LogP contribution in [0.4, 0.5) is 11.4 Å². The van der Waals surface area contributed by atoms with E-state index in [0.717, 1.165) is 24.1 Å². The molecule has 1 aliphatic heterocycles. The van der Waals surface area contributed by atoms with Crippen LogP contribution in [-0.4, -0.2) is 30.6 Å². The standard InChI is InChI=1S/C25H27N3O5/c1-16-21(17(2)33-27-16)15-32-20-8-6-7-18(13-20)25(30)26-19-10-11-23(31-3)22(14-19)28-12-5-4-9-24(28)29/h6-8,10-11,13-14H,4-5,9,12,15H2,1-3H3,(H,26,30). The molecule has 1 N–H and O–H groups in total. The SMILES string of the molecule is COc1ccc(NC(=O)c2cccc(OCc3c(C)noc3C)c2)cc1N1CCCCC1=O. The van der Waals surface area contributed by atoms with Crippen molar-refractivity contribution in [2.24, 2.45) is 0 Å². The van der Waals surface area contributed by atoms with Crippen molar-refractivity contribution in [3.63, 3.8) is 0 Å². The Kier molecular flexibility index (Phi) is 6.63. The predicted molar refractivity (Wildman–Crippen MR) is 124 cm³/mol. The van der Waals surface area contributed by atoms with Gasteiger partial charge >= 0.3 is 0 Å². The summed E-state index contributed by atoms with van der Waals surface area (Å²) in [6.45, 7) is 4.64. The maximum Gasteiger partial charge on any atom is 0.255 e. The second kappa shape index (κ2) is 9.77. The van der Waals surface area contributed by atoms with Crippen molar-refractivity contribution in [3.05, 3.63) is 65.0 Å². The number of ether oxygens (including phenoxy) is 2. The third kappa shape index (κ3) is 5.00. The number of anilines is 2. The molecule has 0 atom stereocenters. The maximum absolute atomic E-state index is 12.9. The maximum atomic E-state index is 12.9. The van der Waals surface area contributed by atoms with Crippen LogP contribution < -0.4 is 19.7 Å². The molecule has 3 aromatic rings. The number of rotatable bonds is 7. The lowest BCUT2D eigenvalue weighted by molar-refractivity contribution is -0.119. The Labute approximate surface area is 192 Å². The Morgan fingerprint density at radius 2 is 2.03 bits per heavy atom. The number of methoxy groups -OCH3 is 1. The third-order valence-corrected chi connectivity index (χ3v) is 5.71. The highest BCUT2D eigenvalue weighted by Crippen LogP contribution is 2.34. The van der Waals surface area contributed by atoms with Crippen molar-refractivity contribution < 1.29 is 23.6 Å². The molecule has 2 amide bonds. The van der Waals surface area contributed by atoms with Crippen molar-refractivity contribution in [1.82, 2.24) is 5.16 Å². The van der Waals surface area contributed by atoms with Crippen LogP contribution in [0.5, 0.6) is 11.5 Å². The molecule has 0 bridgehead atoms. The zero-order chi connectivity index (χ0) is 23.4. The van der Waals surface area contributed by atoms with Gasteiger partial charge in [0.05, 0.1) is 24.1 Å². The number of benzene rings is 2. The van der Waals surface area contributed by atoms with Crippen LogP contribution >= 0.6 is 0 Å². The van der Waals surface area contributed by atoms with Gasteiger partial charge in [-0.3, -0.25) is 9.59 Å². The molecule has 1 aliphatic rings. The Morgan fingerprint density at radius 3 is 2.76 bits per heavy atom. The smallest absolute Gasteiger partial charge is 0.255 e. The molecule has 1 saturated heterocycles. The summed E-state index contributed by atoms with van der Waals surface area (Å²) in [5, 5.41) is 6.83. The van der Waals surface area contributed by atoms with Crippen LogP contribution in [0.1, 0.15) is 46.6 Å². The lowest BCUT2D eigenvalue weighted by Crippen LogP contribution is -2.35. The zero-order valence-corrected chi connectivity index (χ0v) is 19.0. The van der Waals surface area contributed by atoms with E-state index in [4.69, 9.17) is 14.0 Å². The molecule has 2 aromatic carbocycles. The third-order valence-electron chi connectivity index (χ3n) is 5.71. The number of carbonyl (C=O) groups excluding carboxylic acids is 2. The first-order valence-electron chi connectivity index (χ1n) is 10.9. The Morgan fingerprint density at radius 1 is 1.18 bits per heavy atom. The second-order valence-electron chi connectivity index (χ2n) is 7.96. The Bertz CT molecular complexity index is 1150. The van der Waals surface area contributed by atoms with E-state index >= 15 is 0 Å². The Hall–Kier alpha value is -3.81. The lowest BCUT2D eigenvalue weighted by atomic mass is 10.1. The lowest BCUT2D eigenvalue weighted by Gasteiger charge is -2.28. The average Bonchev–Trinajstić information content (AvgIpc) is 3.15. The van der Waals surface area contributed by atoms with E-state index in [2.05, 4.69) is 10.5 Å². The van der Waals surface area contributed by atoms with Crippen molar-refractivity contribution in [2.75, 3.05) is 23.9 Å². The van der Waals surface area contributed by atoms with Crippen LogP contribution in [0.15, 0.2) is 47.0 Å². The quantitative estimate of drug-likeness (QED) is 0.564. The van der Waals surface area contributed by atoms with Crippen LogP contribution in [0.25, 0.3) is 0 Å². The first-order chi connectivity index (χ1) is 16.0. The summed E-state index contributed by atoms with van der Waals surface area (Å²) in [7, 11) is 1.57. The van der Waals surface area contributed by atoms with E-state index in [1.807, 2.05) is 13.8 Å². The fourth-order valence-electron chi connectivity index (χ4n) is 3.83. The van der Waals surface area contributed by atoms with Gasteiger partial charge in [-0.2, -0.15) is 0 Å². The molecule has 2 heterocycles. The van der Waals surface area contributed by atoms with E-state index in [1.165, 1.54) is 0 Å². The molecule has 8 nitrogen and oxygen atoms in total. The molecule has 33 heavy (non-hydrogen) atoms. The minimum Gasteiger partial charge on any atom is -0.495 e. The molecule has 8 heteroatoms. The highest BCUT2D eigenvalue weighted by atomic mass is 16.5. The summed E-state index contributed by atoms with van der Waals surface area (Å²) in [5.74, 6) is 1.66. The number of carbonyl (C=O) groups is 2. The van der Waals surface area contributed by atoms with Crippen molar-refractivity contribution in [1.29, 1.82) is 0 Å². The largest absolute Gasteiger partial charge is 0.495 e. The normalized spacial score (nSPS) is 13.7. The van der Waals surface area contributed by atoms with Crippen molar-refractivity contribution in [2.45, 2.75) is 39.7 Å². The highest BCUT2D eigenvalue weighted by Gasteiger charge is 2.23. The molecule has 1 aromatic heterocycles. The van der Waals surface area contributed by atoms with Gasteiger partial charge in [0.15, 0.2) is 0 Å². The van der Waals surface area contributed by atoms with Gasteiger partial charge < -0.3 is 24.2 Å². The zero-order valence-electron chi connectivity index (χ0n) is 19.0. The predicted octanol–water partition coefficient (Wildman–Crippen LogP) is 4.65. The second-order valence-corrected chi connectivity index (χ2v) is 7.96. The topological polar surface area (TPSA) is 93.9 Å². The summed E-state index contributed by atoms with van der Waals surface area (Å²) in [5.41, 5.74) is 3.37. The van der Waals surface area contributed by atoms with Gasteiger partial charge in [-0.25, -0.2) is 0 Å². The fraction of sp³-hybridized carbons (Fsp3) is 0.320. The number of aromatic nitrogens is 1. The molecular weight excluding hydrogens is 422 g/mol. The van der Waals surface area contributed by atoms with Gasteiger partial charge in [-0.15, -0.1) is 0 Å². The number of amides is 2. The van der Waals surface area contributed by atoms with Crippen LogP contribution in [0.2, 0.25) is 0 Å². The molecule has 172 valence electrons. The number of hydrogen-bond donors (Lipinski definition) is 1. The number of piperidine rings is 1. The monoisotopic (exact) mass is 449 g/mol. The molecule has 0 radical (unpaired) electrons. The molecular formula is C25H27N3O5. The highest BCUT2D eigenvalue weighted by molar-refractivity contribution is 6.05. The van der Waals surface area contributed by atoms with Crippen LogP contribution in [-0.2, 0) is 11.4 Å². The van der Waals surface area contributed by atoms with Gasteiger partial charge in [0.1, 0.15) is 23.9 Å².